The molecule has 10 aromatic rings. The number of hydrogen-bond acceptors (Lipinski definition) is 4. The van der Waals surface area contributed by atoms with Crippen LogP contribution in [0.2, 0.25) is 0 Å². The number of nitrogens with zero attached hydrogens (tertiary/aromatic N) is 4. The predicted octanol–water partition coefficient (Wildman–Crippen LogP) is 17.2. The zero-order valence-electron chi connectivity index (χ0n) is 38.9. The van der Waals surface area contributed by atoms with Crippen molar-refractivity contribution in [2.75, 3.05) is 4.90 Å². The molecule has 8 aromatic carbocycles. The second-order valence-electron chi connectivity index (χ2n) is 20.6. The van der Waals surface area contributed by atoms with Crippen LogP contribution >= 0.6 is 11.7 Å². The summed E-state index contributed by atoms with van der Waals surface area (Å²) in [4.78, 5) is 2.32. The molecule has 5 heteroatoms. The first-order valence-electron chi connectivity index (χ1n) is 22.7. The Morgan fingerprint density at radius 1 is 0.400 bits per heavy atom. The molecule has 2 aromatic heterocycles. The highest BCUT2D eigenvalue weighted by atomic mass is 32.1. The van der Waals surface area contributed by atoms with Gasteiger partial charge in [-0.25, -0.2) is 0 Å². The lowest BCUT2D eigenvalue weighted by Crippen LogP contribution is -2.11. The summed E-state index contributed by atoms with van der Waals surface area (Å²) in [5.41, 5.74) is 19.5. The molecular formula is C60H56N4S. The molecule has 322 valence electrons. The van der Waals surface area contributed by atoms with Crippen LogP contribution in [0.3, 0.4) is 0 Å². The van der Waals surface area contributed by atoms with E-state index in [2.05, 4.69) is 248 Å². The Kier molecular flexibility index (Phi) is 10.4. The molecule has 0 N–H and O–H groups in total. The minimum atomic E-state index is 0.0470. The second kappa shape index (κ2) is 16.0. The van der Waals surface area contributed by atoms with Gasteiger partial charge in [-0.15, -0.1) is 0 Å². The molecule has 65 heavy (non-hydrogen) atoms. The van der Waals surface area contributed by atoms with Gasteiger partial charge in [0.05, 0.1) is 28.4 Å². The molecule has 0 aliphatic heterocycles. The fourth-order valence-electron chi connectivity index (χ4n) is 9.12. The number of rotatable bonds is 7. The molecular weight excluding hydrogens is 809 g/mol. The molecule has 10 rings (SSSR count). The molecule has 0 amide bonds. The van der Waals surface area contributed by atoms with E-state index in [1.165, 1.54) is 72.5 Å². The Morgan fingerprint density at radius 3 is 1.32 bits per heavy atom. The van der Waals surface area contributed by atoms with Gasteiger partial charge in [-0.05, 0) is 134 Å². The normalized spacial score (nSPS) is 12.4. The third-order valence-electron chi connectivity index (χ3n) is 13.0. The van der Waals surface area contributed by atoms with E-state index in [1.807, 2.05) is 0 Å². The van der Waals surface area contributed by atoms with Gasteiger partial charge in [-0.1, -0.05) is 165 Å². The van der Waals surface area contributed by atoms with Crippen LogP contribution in [0.25, 0.3) is 71.9 Å². The van der Waals surface area contributed by atoms with Crippen molar-refractivity contribution >= 4 is 61.6 Å². The van der Waals surface area contributed by atoms with E-state index in [1.54, 1.807) is 0 Å². The maximum absolute atomic E-state index is 4.99. The van der Waals surface area contributed by atoms with Gasteiger partial charge in [-0.3, -0.25) is 0 Å². The zero-order chi connectivity index (χ0) is 45.3. The highest BCUT2D eigenvalue weighted by Crippen LogP contribution is 2.43. The molecule has 4 nitrogen and oxygen atoms in total. The van der Waals surface area contributed by atoms with Gasteiger partial charge >= 0.3 is 0 Å². The lowest BCUT2D eigenvalue weighted by atomic mass is 9.85. The van der Waals surface area contributed by atoms with Crippen molar-refractivity contribution in [3.63, 3.8) is 0 Å². The van der Waals surface area contributed by atoms with E-state index in [9.17, 15) is 0 Å². The van der Waals surface area contributed by atoms with Gasteiger partial charge in [0.25, 0.3) is 0 Å². The van der Waals surface area contributed by atoms with Crippen LogP contribution in [0.5, 0.6) is 0 Å². The van der Waals surface area contributed by atoms with Crippen molar-refractivity contribution in [3.05, 3.63) is 193 Å². The van der Waals surface area contributed by atoms with Crippen molar-refractivity contribution in [2.45, 2.75) is 78.6 Å². The third-order valence-corrected chi connectivity index (χ3v) is 13.5. The highest BCUT2D eigenvalue weighted by molar-refractivity contribution is 7.00. The lowest BCUT2D eigenvalue weighted by molar-refractivity contribution is 0.590. The third kappa shape index (κ3) is 7.93. The molecule has 0 bridgehead atoms. The molecule has 0 atom stereocenters. The molecule has 0 aliphatic rings. The minimum Gasteiger partial charge on any atom is -0.309 e. The first-order chi connectivity index (χ1) is 31.1. The number of benzene rings is 8. The van der Waals surface area contributed by atoms with Crippen LogP contribution in [-0.2, 0) is 16.2 Å². The van der Waals surface area contributed by atoms with Crippen molar-refractivity contribution < 1.29 is 0 Å². The van der Waals surface area contributed by atoms with Crippen LogP contribution < -0.4 is 4.90 Å². The number of fused-ring (bicyclic) bond motifs is 4. The van der Waals surface area contributed by atoms with Crippen molar-refractivity contribution in [1.29, 1.82) is 0 Å². The van der Waals surface area contributed by atoms with E-state index in [0.717, 1.165) is 44.9 Å². The van der Waals surface area contributed by atoms with Gasteiger partial charge in [0.15, 0.2) is 0 Å². The van der Waals surface area contributed by atoms with Gasteiger partial charge in [0.1, 0.15) is 11.0 Å². The quantitative estimate of drug-likeness (QED) is 0.160. The Morgan fingerprint density at radius 2 is 0.831 bits per heavy atom. The van der Waals surface area contributed by atoms with Crippen molar-refractivity contribution in [1.82, 2.24) is 13.3 Å². The molecule has 0 saturated carbocycles. The van der Waals surface area contributed by atoms with E-state index in [0.29, 0.717) is 0 Å². The smallest absolute Gasteiger partial charge is 0.129 e. The predicted molar refractivity (Wildman–Crippen MR) is 279 cm³/mol. The average molecular weight is 865 g/mol. The largest absolute Gasteiger partial charge is 0.309 e. The summed E-state index contributed by atoms with van der Waals surface area (Å²) in [7, 11) is 0. The molecule has 0 radical (unpaired) electrons. The first kappa shape index (κ1) is 42.1. The molecule has 0 spiro atoms. The topological polar surface area (TPSA) is 34.0 Å². The number of hydrogen-bond donors (Lipinski definition) is 0. The Labute approximate surface area is 388 Å². The summed E-state index contributed by atoms with van der Waals surface area (Å²) in [6, 6.07) is 64.7. The van der Waals surface area contributed by atoms with Gasteiger partial charge in [-0.2, -0.15) is 8.75 Å². The van der Waals surface area contributed by atoms with Crippen LogP contribution in [-0.4, -0.2) is 13.3 Å². The fraction of sp³-hybridized carbons (Fsp3) is 0.200. The van der Waals surface area contributed by atoms with Gasteiger partial charge < -0.3 is 9.47 Å². The van der Waals surface area contributed by atoms with Gasteiger partial charge in [0, 0.05) is 33.4 Å². The Bertz CT molecular complexity index is 3250. The van der Waals surface area contributed by atoms with Crippen LogP contribution in [0.4, 0.5) is 17.1 Å². The SMILES string of the molecule is CC(C)(C)c1ccc(-c2ccc(N(c3ccc(-c4ccccc4)cc3)c3ccc(-c4ccc(-n5c6ccc(C(C)(C)C)cc6c6cc(C(C)(C)C)ccc65)cc4)c4nsnc34)cc2)cc1. The molecule has 2 heterocycles. The van der Waals surface area contributed by atoms with Crippen molar-refractivity contribution in [2.24, 2.45) is 0 Å². The van der Waals surface area contributed by atoms with Crippen LogP contribution in [0.1, 0.15) is 79.0 Å². The summed E-state index contributed by atoms with van der Waals surface area (Å²) in [6.07, 6.45) is 0. The molecule has 0 aliphatic carbocycles. The van der Waals surface area contributed by atoms with Crippen molar-refractivity contribution in [3.8, 4) is 39.1 Å². The average Bonchev–Trinajstić information content (AvgIpc) is 3.93. The summed E-state index contributed by atoms with van der Waals surface area (Å²) in [5.74, 6) is 0. The Balaban J connectivity index is 1.04. The van der Waals surface area contributed by atoms with E-state index in [-0.39, 0.29) is 16.2 Å². The summed E-state index contributed by atoms with van der Waals surface area (Å²) >= 11 is 1.26. The van der Waals surface area contributed by atoms with E-state index >= 15 is 0 Å². The summed E-state index contributed by atoms with van der Waals surface area (Å²) in [6.45, 7) is 20.5. The highest BCUT2D eigenvalue weighted by Gasteiger charge is 2.23. The lowest BCUT2D eigenvalue weighted by Gasteiger charge is -2.26. The number of aromatic nitrogens is 3. The van der Waals surface area contributed by atoms with E-state index < -0.39 is 0 Å². The first-order valence-corrected chi connectivity index (χ1v) is 23.5. The Hall–Kier alpha value is -6.82. The zero-order valence-corrected chi connectivity index (χ0v) is 39.8. The van der Waals surface area contributed by atoms with Gasteiger partial charge in [0.2, 0.25) is 0 Å². The fourth-order valence-corrected chi connectivity index (χ4v) is 9.69. The van der Waals surface area contributed by atoms with Crippen LogP contribution in [0, 0.1) is 0 Å². The van der Waals surface area contributed by atoms with E-state index in [4.69, 9.17) is 8.75 Å². The standard InChI is InChI=1S/C60H56N4S/c1-58(2,3)44-23-15-40(16-24-44)42-19-29-48(30-20-42)63(47-27-17-41(18-28-47)39-13-11-10-12-14-39)55-36-33-50(56-57(55)62-65-61-56)43-21-31-49(32-22-43)64-53-34-25-45(59(4,5)6)37-51(53)52-38-46(60(7,8)9)26-35-54(52)64/h10-38H,1-9H3. The minimum absolute atomic E-state index is 0.0470. The molecule has 0 saturated heterocycles. The maximum Gasteiger partial charge on any atom is 0.129 e. The maximum atomic E-state index is 4.99. The monoisotopic (exact) mass is 864 g/mol. The number of anilines is 3. The molecule has 0 unspecified atom stereocenters. The molecule has 0 fully saturated rings. The summed E-state index contributed by atoms with van der Waals surface area (Å²) in [5, 5.41) is 2.58. The van der Waals surface area contributed by atoms with Crippen LogP contribution in [0.15, 0.2) is 176 Å². The second-order valence-corrected chi connectivity index (χ2v) is 21.1. The summed E-state index contributed by atoms with van der Waals surface area (Å²) < 4.78 is 12.4.